The molecule has 12 heavy (non-hydrogen) atoms. The number of alkyl halides is 2. The molecule has 0 radical (unpaired) electrons. The molecule has 1 aliphatic carbocycles. The summed E-state index contributed by atoms with van der Waals surface area (Å²) in [6, 6.07) is 0. The van der Waals surface area contributed by atoms with Gasteiger partial charge in [0.2, 0.25) is 0 Å². The van der Waals surface area contributed by atoms with E-state index in [4.69, 9.17) is 5.73 Å². The maximum absolute atomic E-state index is 12.6. The van der Waals surface area contributed by atoms with Crippen molar-refractivity contribution in [2.45, 2.75) is 45.1 Å². The maximum atomic E-state index is 12.6. The van der Waals surface area contributed by atoms with Crippen LogP contribution in [0, 0.1) is 11.8 Å². The molecule has 0 aromatic carbocycles. The van der Waals surface area contributed by atoms with Crippen molar-refractivity contribution in [3.63, 3.8) is 0 Å². The number of rotatable bonds is 1. The largest absolute Gasteiger partial charge is 0.320 e. The van der Waals surface area contributed by atoms with Crippen molar-refractivity contribution in [3.8, 4) is 0 Å². The molecular formula is C9H17F2N. The second-order valence-electron chi connectivity index (χ2n) is 4.20. The first-order chi connectivity index (χ1) is 5.47. The summed E-state index contributed by atoms with van der Waals surface area (Å²) in [6.45, 7) is 3.83. The fraction of sp³-hybridized carbons (Fsp3) is 1.00. The van der Waals surface area contributed by atoms with Crippen molar-refractivity contribution < 1.29 is 8.78 Å². The van der Waals surface area contributed by atoms with Crippen LogP contribution in [0.2, 0.25) is 0 Å². The van der Waals surface area contributed by atoms with Crippen molar-refractivity contribution in [1.82, 2.24) is 0 Å². The van der Waals surface area contributed by atoms with E-state index in [9.17, 15) is 8.78 Å². The molecule has 0 amide bonds. The van der Waals surface area contributed by atoms with E-state index in [1.54, 1.807) is 0 Å². The Kier molecular flexibility index (Phi) is 2.71. The molecule has 0 bridgehead atoms. The Hall–Kier alpha value is -0.180. The summed E-state index contributed by atoms with van der Waals surface area (Å²) in [6.07, 6.45) is -0.0454. The smallest absolute Gasteiger partial charge is 0.256 e. The highest BCUT2D eigenvalue weighted by atomic mass is 19.3. The first-order valence-corrected chi connectivity index (χ1v) is 4.54. The molecular weight excluding hydrogens is 160 g/mol. The highest BCUT2D eigenvalue weighted by Crippen LogP contribution is 2.38. The minimum atomic E-state index is -2.38. The molecule has 3 atom stereocenters. The third kappa shape index (κ3) is 1.60. The highest BCUT2D eigenvalue weighted by Gasteiger charge is 2.44. The van der Waals surface area contributed by atoms with E-state index in [0.717, 1.165) is 12.8 Å². The molecule has 1 aliphatic rings. The van der Waals surface area contributed by atoms with Gasteiger partial charge in [-0.2, -0.15) is 0 Å². The fourth-order valence-electron chi connectivity index (χ4n) is 2.01. The van der Waals surface area contributed by atoms with Crippen LogP contribution in [0.4, 0.5) is 8.78 Å². The molecule has 0 spiro atoms. The van der Waals surface area contributed by atoms with Crippen LogP contribution in [0.25, 0.3) is 0 Å². The van der Waals surface area contributed by atoms with Crippen molar-refractivity contribution in [2.75, 3.05) is 0 Å². The Morgan fingerprint density at radius 3 is 2.33 bits per heavy atom. The minimum absolute atomic E-state index is 0.0475. The molecule has 0 aromatic rings. The van der Waals surface area contributed by atoms with Crippen LogP contribution in [-0.2, 0) is 0 Å². The molecule has 2 N–H and O–H groups in total. The van der Waals surface area contributed by atoms with E-state index in [2.05, 4.69) is 0 Å². The predicted molar refractivity (Wildman–Crippen MR) is 45.1 cm³/mol. The topological polar surface area (TPSA) is 26.0 Å². The van der Waals surface area contributed by atoms with Gasteiger partial charge in [0, 0.05) is 0 Å². The number of nitrogens with two attached hydrogens (primary N) is 1. The van der Waals surface area contributed by atoms with Crippen LogP contribution >= 0.6 is 0 Å². The fourth-order valence-corrected chi connectivity index (χ4v) is 2.01. The van der Waals surface area contributed by atoms with Crippen molar-refractivity contribution in [1.29, 1.82) is 0 Å². The molecule has 3 unspecified atom stereocenters. The lowest BCUT2D eigenvalue weighted by Gasteiger charge is -2.41. The second-order valence-corrected chi connectivity index (χ2v) is 4.20. The summed E-state index contributed by atoms with van der Waals surface area (Å²) < 4.78 is 25.2. The Morgan fingerprint density at radius 1 is 1.33 bits per heavy atom. The lowest BCUT2D eigenvalue weighted by Crippen LogP contribution is -2.55. The van der Waals surface area contributed by atoms with Crippen LogP contribution in [0.3, 0.4) is 0 Å². The Balaban J connectivity index is 2.71. The van der Waals surface area contributed by atoms with E-state index in [-0.39, 0.29) is 5.92 Å². The summed E-state index contributed by atoms with van der Waals surface area (Å²) >= 11 is 0. The van der Waals surface area contributed by atoms with Crippen molar-refractivity contribution in [2.24, 2.45) is 17.6 Å². The van der Waals surface area contributed by atoms with Gasteiger partial charge >= 0.3 is 0 Å². The zero-order valence-electron chi connectivity index (χ0n) is 7.69. The zero-order valence-corrected chi connectivity index (χ0v) is 7.69. The van der Waals surface area contributed by atoms with Gasteiger partial charge in [-0.1, -0.05) is 20.3 Å². The zero-order chi connectivity index (χ0) is 9.35. The van der Waals surface area contributed by atoms with E-state index in [1.807, 2.05) is 13.8 Å². The molecule has 3 heteroatoms. The van der Waals surface area contributed by atoms with Gasteiger partial charge in [-0.25, -0.2) is 8.78 Å². The first-order valence-electron chi connectivity index (χ1n) is 4.54. The average molecular weight is 177 g/mol. The van der Waals surface area contributed by atoms with Crippen molar-refractivity contribution >= 4 is 0 Å². The predicted octanol–water partition coefficient (Wildman–Crippen LogP) is 2.41. The van der Waals surface area contributed by atoms with Gasteiger partial charge in [0.1, 0.15) is 0 Å². The summed E-state index contributed by atoms with van der Waals surface area (Å²) in [5.41, 5.74) is 4.46. The summed E-state index contributed by atoms with van der Waals surface area (Å²) in [5, 5.41) is 0. The van der Waals surface area contributed by atoms with Crippen LogP contribution < -0.4 is 5.73 Å². The average Bonchev–Trinajstić information content (AvgIpc) is 1.97. The Labute approximate surface area is 72.3 Å². The van der Waals surface area contributed by atoms with Crippen molar-refractivity contribution in [3.05, 3.63) is 0 Å². The first kappa shape index (κ1) is 9.90. The number of hydrogen-bond donors (Lipinski definition) is 1. The van der Waals surface area contributed by atoms with Gasteiger partial charge in [0.15, 0.2) is 0 Å². The summed E-state index contributed by atoms with van der Waals surface area (Å²) in [4.78, 5) is 0. The van der Waals surface area contributed by atoms with Gasteiger partial charge in [-0.05, 0) is 24.7 Å². The van der Waals surface area contributed by atoms with Crippen LogP contribution in [0.15, 0.2) is 0 Å². The molecule has 0 saturated heterocycles. The van der Waals surface area contributed by atoms with E-state index in [1.165, 1.54) is 0 Å². The Morgan fingerprint density at radius 2 is 1.92 bits per heavy atom. The second kappa shape index (κ2) is 3.29. The summed E-state index contributed by atoms with van der Waals surface area (Å²) in [7, 11) is 0. The molecule has 1 fully saturated rings. The lowest BCUT2D eigenvalue weighted by atomic mass is 9.70. The summed E-state index contributed by atoms with van der Waals surface area (Å²) in [5.74, 6) is 0.300. The van der Waals surface area contributed by atoms with E-state index >= 15 is 0 Å². The number of hydrogen-bond acceptors (Lipinski definition) is 1. The van der Waals surface area contributed by atoms with Gasteiger partial charge in [-0.3, -0.25) is 0 Å². The molecule has 1 saturated carbocycles. The maximum Gasteiger partial charge on any atom is 0.256 e. The minimum Gasteiger partial charge on any atom is -0.320 e. The molecule has 0 aliphatic heterocycles. The molecule has 0 aromatic heterocycles. The van der Waals surface area contributed by atoms with Gasteiger partial charge in [0.25, 0.3) is 6.43 Å². The van der Waals surface area contributed by atoms with Crippen LogP contribution in [0.1, 0.15) is 33.1 Å². The van der Waals surface area contributed by atoms with Gasteiger partial charge in [-0.15, -0.1) is 0 Å². The highest BCUT2D eigenvalue weighted by molar-refractivity contribution is 4.96. The van der Waals surface area contributed by atoms with Gasteiger partial charge in [0.05, 0.1) is 5.54 Å². The van der Waals surface area contributed by atoms with E-state index in [0.29, 0.717) is 12.3 Å². The monoisotopic (exact) mass is 177 g/mol. The quantitative estimate of drug-likeness (QED) is 0.654. The normalized spacial score (nSPS) is 43.5. The van der Waals surface area contributed by atoms with Crippen LogP contribution in [-0.4, -0.2) is 12.0 Å². The van der Waals surface area contributed by atoms with E-state index < -0.39 is 12.0 Å². The number of halogens is 2. The van der Waals surface area contributed by atoms with Crippen LogP contribution in [0.5, 0.6) is 0 Å². The third-order valence-corrected chi connectivity index (χ3v) is 3.12. The SMILES string of the molecule is CC1CCC(C)C(N)(C(F)F)C1. The molecule has 1 nitrogen and oxygen atoms in total. The van der Waals surface area contributed by atoms with Gasteiger partial charge < -0.3 is 5.73 Å². The lowest BCUT2D eigenvalue weighted by molar-refractivity contribution is -0.0117. The molecule has 0 heterocycles. The molecule has 1 rings (SSSR count). The molecule has 72 valence electrons. The third-order valence-electron chi connectivity index (χ3n) is 3.12. The standard InChI is InChI=1S/C9H17F2N/c1-6-3-4-7(2)9(12,5-6)8(10)11/h6-8H,3-5,12H2,1-2H3. The Bertz CT molecular complexity index is 161.